The number of hydrogen-bond donors (Lipinski definition) is 0. The Kier molecular flexibility index (Phi) is 6.48. The van der Waals surface area contributed by atoms with Crippen molar-refractivity contribution in [3.05, 3.63) is 23.3 Å². The van der Waals surface area contributed by atoms with Crippen LogP contribution in [0, 0.1) is 6.92 Å². The van der Waals surface area contributed by atoms with Crippen molar-refractivity contribution in [1.82, 2.24) is 0 Å². The first-order chi connectivity index (χ1) is 9.57. The fraction of sp³-hybridized carbons (Fsp3) is 0.571. The molecule has 1 rings (SSSR count). The zero-order chi connectivity index (χ0) is 15.2. The Balaban J connectivity index is 3.01. The Bertz CT molecular complexity index is 424. The minimum Gasteiger partial charge on any atom is -0.496 e. The summed E-state index contributed by atoms with van der Waals surface area (Å²) in [6.07, 6.45) is 0.744. The molecule has 0 amide bonds. The van der Waals surface area contributed by atoms with Crippen LogP contribution in [0.4, 0.5) is 0 Å². The van der Waals surface area contributed by atoms with E-state index in [9.17, 15) is 0 Å². The first kappa shape index (κ1) is 17.0. The van der Waals surface area contributed by atoms with E-state index in [1.54, 1.807) is 35.5 Å². The van der Waals surface area contributed by atoms with Gasteiger partial charge in [0, 0.05) is 32.9 Å². The summed E-state index contributed by atoms with van der Waals surface area (Å²) < 4.78 is 27.1. The lowest BCUT2D eigenvalue weighted by Gasteiger charge is -2.25. The molecule has 0 atom stereocenters. The van der Waals surface area contributed by atoms with Crippen LogP contribution in [0.3, 0.4) is 0 Å². The maximum Gasteiger partial charge on any atom is 0.500 e. The van der Waals surface area contributed by atoms with Crippen molar-refractivity contribution in [2.75, 3.05) is 35.5 Å². The molecule has 0 aromatic heterocycles. The molecule has 0 radical (unpaired) electrons. The molecule has 0 aliphatic carbocycles. The highest BCUT2D eigenvalue weighted by Gasteiger charge is 2.37. The van der Waals surface area contributed by atoms with Gasteiger partial charge in [-0.2, -0.15) is 0 Å². The van der Waals surface area contributed by atoms with Gasteiger partial charge in [-0.05, 0) is 31.0 Å². The van der Waals surface area contributed by atoms with Crippen LogP contribution < -0.4 is 9.47 Å². The van der Waals surface area contributed by atoms with Crippen molar-refractivity contribution in [3.8, 4) is 11.5 Å². The van der Waals surface area contributed by atoms with Crippen molar-refractivity contribution in [2.24, 2.45) is 0 Å². The first-order valence-electron chi connectivity index (χ1n) is 6.43. The number of rotatable bonds is 8. The average Bonchev–Trinajstić information content (AvgIpc) is 2.50. The Morgan fingerprint density at radius 3 is 1.80 bits per heavy atom. The average molecular weight is 300 g/mol. The van der Waals surface area contributed by atoms with Gasteiger partial charge < -0.3 is 22.8 Å². The quantitative estimate of drug-likeness (QED) is 0.690. The van der Waals surface area contributed by atoms with Gasteiger partial charge in [0.2, 0.25) is 0 Å². The van der Waals surface area contributed by atoms with E-state index in [2.05, 4.69) is 0 Å². The molecule has 0 saturated heterocycles. The van der Waals surface area contributed by atoms with Crippen LogP contribution in [-0.4, -0.2) is 44.4 Å². The Morgan fingerprint density at radius 1 is 0.850 bits per heavy atom. The molecule has 0 heterocycles. The summed E-state index contributed by atoms with van der Waals surface area (Å²) in [6, 6.07) is 4.50. The molecule has 0 unspecified atom stereocenters. The molecule has 0 N–H and O–H groups in total. The van der Waals surface area contributed by atoms with Gasteiger partial charge in [-0.25, -0.2) is 0 Å². The van der Waals surface area contributed by atoms with Crippen molar-refractivity contribution in [2.45, 2.75) is 19.4 Å². The van der Waals surface area contributed by atoms with Gasteiger partial charge in [-0.15, -0.1) is 0 Å². The molecular weight excluding hydrogens is 276 g/mol. The summed E-state index contributed by atoms with van der Waals surface area (Å²) in [5.74, 6) is 1.69. The van der Waals surface area contributed by atoms with Crippen molar-refractivity contribution in [3.63, 3.8) is 0 Å². The molecule has 0 fully saturated rings. The highest BCUT2D eigenvalue weighted by molar-refractivity contribution is 6.60. The van der Waals surface area contributed by atoms with Crippen molar-refractivity contribution >= 4 is 8.80 Å². The highest BCUT2D eigenvalue weighted by Crippen LogP contribution is 2.32. The normalized spacial score (nSPS) is 11.5. The molecule has 114 valence electrons. The van der Waals surface area contributed by atoms with E-state index in [-0.39, 0.29) is 0 Å². The van der Waals surface area contributed by atoms with Gasteiger partial charge >= 0.3 is 8.80 Å². The summed E-state index contributed by atoms with van der Waals surface area (Å²) in [5.41, 5.74) is 2.16. The minimum absolute atomic E-state index is 0.681. The third-order valence-electron chi connectivity index (χ3n) is 3.56. The summed E-state index contributed by atoms with van der Waals surface area (Å²) in [6.45, 7) is 2.02. The van der Waals surface area contributed by atoms with E-state index in [4.69, 9.17) is 22.8 Å². The smallest absolute Gasteiger partial charge is 0.496 e. The SMILES string of the molecule is COc1ccc(OC)c(CC[Si](OC)(OC)OC)c1C. The van der Waals surface area contributed by atoms with Crippen LogP contribution in [0.5, 0.6) is 11.5 Å². The molecule has 6 heteroatoms. The van der Waals surface area contributed by atoms with E-state index in [0.29, 0.717) is 6.04 Å². The topological polar surface area (TPSA) is 46.2 Å². The number of ether oxygens (including phenoxy) is 2. The van der Waals surface area contributed by atoms with Crippen LogP contribution >= 0.6 is 0 Å². The van der Waals surface area contributed by atoms with Crippen LogP contribution in [0.15, 0.2) is 12.1 Å². The predicted molar refractivity (Wildman–Crippen MR) is 79.6 cm³/mol. The standard InChI is InChI=1S/C14H24O5Si/c1-11-12(9-10-20(17-4,18-5)19-6)14(16-3)8-7-13(11)15-2/h7-8H,9-10H2,1-6H3. The number of benzene rings is 1. The predicted octanol–water partition coefficient (Wildman–Crippen LogP) is 2.43. The van der Waals surface area contributed by atoms with E-state index in [1.807, 2.05) is 19.1 Å². The fourth-order valence-corrected chi connectivity index (χ4v) is 3.94. The summed E-state index contributed by atoms with van der Waals surface area (Å²) in [4.78, 5) is 0. The molecule has 0 aliphatic heterocycles. The second-order valence-corrected chi connectivity index (χ2v) is 7.46. The second-order valence-electron chi connectivity index (χ2n) is 4.37. The van der Waals surface area contributed by atoms with E-state index >= 15 is 0 Å². The molecule has 5 nitrogen and oxygen atoms in total. The lowest BCUT2D eigenvalue weighted by Crippen LogP contribution is -2.43. The maximum atomic E-state index is 5.45. The van der Waals surface area contributed by atoms with Gasteiger partial charge in [0.05, 0.1) is 14.2 Å². The number of methoxy groups -OCH3 is 2. The second kappa shape index (κ2) is 7.63. The highest BCUT2D eigenvalue weighted by atomic mass is 28.4. The molecule has 0 spiro atoms. The van der Waals surface area contributed by atoms with Crippen molar-refractivity contribution < 1.29 is 22.8 Å². The van der Waals surface area contributed by atoms with Crippen LogP contribution in [0.25, 0.3) is 0 Å². The molecule has 0 aliphatic rings. The van der Waals surface area contributed by atoms with Crippen LogP contribution in [0.1, 0.15) is 11.1 Å². The Morgan fingerprint density at radius 2 is 1.35 bits per heavy atom. The van der Waals surface area contributed by atoms with E-state index < -0.39 is 8.80 Å². The van der Waals surface area contributed by atoms with E-state index in [0.717, 1.165) is 29.0 Å². The Labute approximate surface area is 122 Å². The molecule has 20 heavy (non-hydrogen) atoms. The Hall–Kier alpha value is -1.08. The lowest BCUT2D eigenvalue weighted by atomic mass is 10.0. The zero-order valence-corrected chi connectivity index (χ0v) is 14.1. The maximum absolute atomic E-state index is 5.45. The van der Waals surface area contributed by atoms with Gasteiger partial charge in [-0.3, -0.25) is 0 Å². The first-order valence-corrected chi connectivity index (χ1v) is 8.36. The van der Waals surface area contributed by atoms with Gasteiger partial charge in [0.25, 0.3) is 0 Å². The fourth-order valence-electron chi connectivity index (χ4n) is 2.27. The molecular formula is C14H24O5Si. The van der Waals surface area contributed by atoms with Crippen LogP contribution in [0.2, 0.25) is 6.04 Å². The summed E-state index contributed by atoms with van der Waals surface area (Å²) in [7, 11) is 5.61. The van der Waals surface area contributed by atoms with Gasteiger partial charge in [-0.1, -0.05) is 0 Å². The summed E-state index contributed by atoms with van der Waals surface area (Å²) >= 11 is 0. The summed E-state index contributed by atoms with van der Waals surface area (Å²) in [5, 5.41) is 0. The van der Waals surface area contributed by atoms with Crippen molar-refractivity contribution in [1.29, 1.82) is 0 Å². The third-order valence-corrected chi connectivity index (χ3v) is 6.29. The number of hydrogen-bond acceptors (Lipinski definition) is 5. The van der Waals surface area contributed by atoms with Crippen LogP contribution in [-0.2, 0) is 19.7 Å². The molecule has 0 saturated carbocycles. The molecule has 1 aromatic rings. The largest absolute Gasteiger partial charge is 0.500 e. The lowest BCUT2D eigenvalue weighted by molar-refractivity contribution is 0.123. The zero-order valence-electron chi connectivity index (χ0n) is 13.1. The minimum atomic E-state index is -2.58. The molecule has 0 bridgehead atoms. The van der Waals surface area contributed by atoms with Gasteiger partial charge in [0.15, 0.2) is 0 Å². The van der Waals surface area contributed by atoms with E-state index in [1.165, 1.54) is 0 Å². The monoisotopic (exact) mass is 300 g/mol. The van der Waals surface area contributed by atoms with Gasteiger partial charge in [0.1, 0.15) is 11.5 Å². The molecule has 1 aromatic carbocycles. The third kappa shape index (κ3) is 3.52.